The number of nitrogens with zero attached hydrogens (tertiary/aromatic N) is 2. The van der Waals surface area contributed by atoms with Crippen molar-refractivity contribution in [2.45, 2.75) is 38.8 Å². The molecule has 0 bridgehead atoms. The van der Waals surface area contributed by atoms with E-state index in [0.717, 1.165) is 30.5 Å². The lowest BCUT2D eigenvalue weighted by atomic mass is 9.93. The summed E-state index contributed by atoms with van der Waals surface area (Å²) in [4.78, 5) is 23.5. The summed E-state index contributed by atoms with van der Waals surface area (Å²) < 4.78 is 12.1. The van der Waals surface area contributed by atoms with Crippen LogP contribution in [0.2, 0.25) is 0 Å². The number of rotatable bonds is 6. The fourth-order valence-electron chi connectivity index (χ4n) is 3.07. The molecule has 2 heterocycles. The standard InChI is InChI=1S/C17H21N3O5/c1-10-8-13(25-15(10)17(22)23)16(21)18-12-5-3-4-11-9-20(6-7-24-2)19-14(11)12/h8-9,12H,3-7H2,1-2H3,(H,18,21)(H,22,23). The lowest BCUT2D eigenvalue weighted by molar-refractivity contribution is 0.0658. The molecule has 0 aliphatic heterocycles. The van der Waals surface area contributed by atoms with Gasteiger partial charge < -0.3 is 19.6 Å². The van der Waals surface area contributed by atoms with Crippen molar-refractivity contribution in [1.82, 2.24) is 15.1 Å². The number of carbonyl (C=O) groups excluding carboxylic acids is 1. The molecule has 0 spiro atoms. The second-order valence-electron chi connectivity index (χ2n) is 6.14. The molecule has 3 rings (SSSR count). The number of furan rings is 1. The summed E-state index contributed by atoms with van der Waals surface area (Å²) in [6.45, 7) is 2.82. The zero-order valence-corrected chi connectivity index (χ0v) is 14.2. The molecule has 0 saturated carbocycles. The van der Waals surface area contributed by atoms with Gasteiger partial charge in [-0.1, -0.05) is 0 Å². The van der Waals surface area contributed by atoms with Crippen molar-refractivity contribution in [3.8, 4) is 0 Å². The third kappa shape index (κ3) is 3.58. The molecular weight excluding hydrogens is 326 g/mol. The zero-order valence-electron chi connectivity index (χ0n) is 14.2. The number of fused-ring (bicyclic) bond motifs is 1. The number of nitrogens with one attached hydrogen (secondary N) is 1. The molecule has 1 unspecified atom stereocenters. The number of hydrogen-bond donors (Lipinski definition) is 2. The highest BCUT2D eigenvalue weighted by atomic mass is 16.5. The van der Waals surface area contributed by atoms with Crippen molar-refractivity contribution in [2.24, 2.45) is 0 Å². The van der Waals surface area contributed by atoms with Crippen LogP contribution in [0.1, 0.15) is 56.8 Å². The zero-order chi connectivity index (χ0) is 18.0. The van der Waals surface area contributed by atoms with Gasteiger partial charge in [0.05, 0.1) is 24.9 Å². The van der Waals surface area contributed by atoms with Gasteiger partial charge in [0.1, 0.15) is 0 Å². The highest BCUT2D eigenvalue weighted by Gasteiger charge is 2.27. The Morgan fingerprint density at radius 1 is 1.52 bits per heavy atom. The maximum atomic E-state index is 12.4. The van der Waals surface area contributed by atoms with Crippen molar-refractivity contribution in [1.29, 1.82) is 0 Å². The predicted octanol–water partition coefficient (Wildman–Crippen LogP) is 1.94. The first kappa shape index (κ1) is 17.2. The lowest BCUT2D eigenvalue weighted by Gasteiger charge is -2.21. The molecule has 2 N–H and O–H groups in total. The minimum atomic E-state index is -1.19. The van der Waals surface area contributed by atoms with Crippen molar-refractivity contribution < 1.29 is 23.8 Å². The summed E-state index contributed by atoms with van der Waals surface area (Å²) in [5.41, 5.74) is 2.40. The molecule has 1 aliphatic carbocycles. The maximum Gasteiger partial charge on any atom is 0.372 e. The number of amides is 1. The van der Waals surface area contributed by atoms with Crippen LogP contribution in [0.15, 0.2) is 16.7 Å². The number of carboxylic acids is 1. The minimum Gasteiger partial charge on any atom is -0.475 e. The van der Waals surface area contributed by atoms with E-state index in [-0.39, 0.29) is 17.6 Å². The van der Waals surface area contributed by atoms with Crippen molar-refractivity contribution >= 4 is 11.9 Å². The van der Waals surface area contributed by atoms with E-state index in [9.17, 15) is 9.59 Å². The average molecular weight is 347 g/mol. The number of aromatic carboxylic acids is 1. The first-order chi connectivity index (χ1) is 12.0. The molecule has 8 heteroatoms. The Kier molecular flexibility index (Phi) is 4.89. The maximum absolute atomic E-state index is 12.4. The number of aromatic nitrogens is 2. The normalized spacial score (nSPS) is 16.5. The van der Waals surface area contributed by atoms with Gasteiger partial charge in [-0.25, -0.2) is 4.79 Å². The third-order valence-corrected chi connectivity index (χ3v) is 4.30. The van der Waals surface area contributed by atoms with Gasteiger partial charge in [-0.15, -0.1) is 0 Å². The van der Waals surface area contributed by atoms with Crippen molar-refractivity contribution in [3.63, 3.8) is 0 Å². The number of methoxy groups -OCH3 is 1. The molecule has 8 nitrogen and oxygen atoms in total. The average Bonchev–Trinajstić information content (AvgIpc) is 3.16. The first-order valence-electron chi connectivity index (χ1n) is 8.19. The van der Waals surface area contributed by atoms with Crippen LogP contribution in [0.25, 0.3) is 0 Å². The van der Waals surface area contributed by atoms with Crippen LogP contribution in [0.5, 0.6) is 0 Å². The largest absolute Gasteiger partial charge is 0.475 e. The van der Waals surface area contributed by atoms with Crippen LogP contribution in [0, 0.1) is 6.92 Å². The molecular formula is C17H21N3O5. The Morgan fingerprint density at radius 2 is 2.32 bits per heavy atom. The summed E-state index contributed by atoms with van der Waals surface area (Å²) in [5.74, 6) is -1.83. The second kappa shape index (κ2) is 7.10. The van der Waals surface area contributed by atoms with Gasteiger partial charge in [-0.2, -0.15) is 5.10 Å². The third-order valence-electron chi connectivity index (χ3n) is 4.30. The van der Waals surface area contributed by atoms with Crippen LogP contribution in [-0.2, 0) is 17.7 Å². The molecule has 1 aliphatic rings. The summed E-state index contributed by atoms with van der Waals surface area (Å²) in [6.07, 6.45) is 4.65. The van der Waals surface area contributed by atoms with Gasteiger partial charge in [-0.3, -0.25) is 9.48 Å². The summed E-state index contributed by atoms with van der Waals surface area (Å²) in [7, 11) is 1.64. The Bertz CT molecular complexity index is 792. The SMILES string of the molecule is COCCn1cc2c(n1)C(NC(=O)c1cc(C)c(C(=O)O)o1)CCC2. The molecule has 0 fully saturated rings. The highest BCUT2D eigenvalue weighted by Crippen LogP contribution is 2.29. The smallest absolute Gasteiger partial charge is 0.372 e. The van der Waals surface area contributed by atoms with E-state index in [1.807, 2.05) is 10.9 Å². The quantitative estimate of drug-likeness (QED) is 0.827. The Hall–Kier alpha value is -2.61. The molecule has 0 saturated heterocycles. The minimum absolute atomic E-state index is 0.000777. The highest BCUT2D eigenvalue weighted by molar-refractivity contribution is 5.94. The lowest BCUT2D eigenvalue weighted by Crippen LogP contribution is -2.31. The number of aryl methyl sites for hydroxylation is 2. The van der Waals surface area contributed by atoms with Gasteiger partial charge in [0.15, 0.2) is 5.76 Å². The van der Waals surface area contributed by atoms with Crippen LogP contribution >= 0.6 is 0 Å². The molecule has 0 radical (unpaired) electrons. The summed E-state index contributed by atoms with van der Waals surface area (Å²) in [6, 6.07) is 1.23. The first-order valence-corrected chi connectivity index (χ1v) is 8.19. The molecule has 2 aromatic rings. The fraction of sp³-hybridized carbons (Fsp3) is 0.471. The molecule has 134 valence electrons. The Labute approximate surface area is 144 Å². The van der Waals surface area contributed by atoms with Gasteiger partial charge in [0.25, 0.3) is 5.91 Å². The molecule has 1 amide bonds. The van der Waals surface area contributed by atoms with Crippen LogP contribution in [-0.4, -0.2) is 40.5 Å². The predicted molar refractivity (Wildman–Crippen MR) is 87.7 cm³/mol. The van der Waals surface area contributed by atoms with E-state index in [1.165, 1.54) is 6.07 Å². The monoisotopic (exact) mass is 347 g/mol. The van der Waals surface area contributed by atoms with Crippen molar-refractivity contribution in [2.75, 3.05) is 13.7 Å². The summed E-state index contributed by atoms with van der Waals surface area (Å²) >= 11 is 0. The van der Waals surface area contributed by atoms with Gasteiger partial charge >= 0.3 is 5.97 Å². The topological polar surface area (TPSA) is 107 Å². The van der Waals surface area contributed by atoms with E-state index in [2.05, 4.69) is 10.4 Å². The van der Waals surface area contributed by atoms with E-state index in [0.29, 0.717) is 18.7 Å². The van der Waals surface area contributed by atoms with Crippen molar-refractivity contribution in [3.05, 3.63) is 40.6 Å². The van der Waals surface area contributed by atoms with E-state index >= 15 is 0 Å². The van der Waals surface area contributed by atoms with E-state index in [4.69, 9.17) is 14.3 Å². The van der Waals surface area contributed by atoms with Crippen LogP contribution in [0.4, 0.5) is 0 Å². The number of hydrogen-bond acceptors (Lipinski definition) is 5. The Morgan fingerprint density at radius 3 is 3.00 bits per heavy atom. The van der Waals surface area contributed by atoms with Crippen LogP contribution < -0.4 is 5.32 Å². The fourth-order valence-corrected chi connectivity index (χ4v) is 3.07. The van der Waals surface area contributed by atoms with E-state index < -0.39 is 11.9 Å². The Balaban J connectivity index is 1.75. The molecule has 1 atom stereocenters. The number of carboxylic acid groups (broad SMARTS) is 1. The number of ether oxygens (including phenoxy) is 1. The van der Waals surface area contributed by atoms with E-state index in [1.54, 1.807) is 14.0 Å². The molecule has 2 aromatic heterocycles. The second-order valence-corrected chi connectivity index (χ2v) is 6.14. The summed E-state index contributed by atoms with van der Waals surface area (Å²) in [5, 5.41) is 16.5. The van der Waals surface area contributed by atoms with Gasteiger partial charge in [-0.05, 0) is 37.8 Å². The molecule has 25 heavy (non-hydrogen) atoms. The van der Waals surface area contributed by atoms with Gasteiger partial charge in [0, 0.05) is 18.9 Å². The van der Waals surface area contributed by atoms with Gasteiger partial charge in [0.2, 0.25) is 5.76 Å². The molecule has 0 aromatic carbocycles. The number of carbonyl (C=O) groups is 2. The van der Waals surface area contributed by atoms with Crippen LogP contribution in [0.3, 0.4) is 0 Å².